The molecule has 0 heterocycles. The summed E-state index contributed by atoms with van der Waals surface area (Å²) in [5.74, 6) is 1.58. The average molecular weight is 196 g/mol. The largest absolute Gasteiger partial charge is 0.381 e. The highest BCUT2D eigenvalue weighted by Gasteiger charge is 2.19. The fraction of sp³-hybridized carbons (Fsp3) is 0.846. The van der Waals surface area contributed by atoms with Gasteiger partial charge in [-0.05, 0) is 44.4 Å². The summed E-state index contributed by atoms with van der Waals surface area (Å²) in [6.45, 7) is 8.61. The lowest BCUT2D eigenvalue weighted by atomic mass is 9.82. The molecule has 1 aliphatic rings. The van der Waals surface area contributed by atoms with Crippen molar-refractivity contribution >= 4 is 0 Å². The molecule has 0 saturated carbocycles. The van der Waals surface area contributed by atoms with Gasteiger partial charge in [-0.25, -0.2) is 0 Å². The van der Waals surface area contributed by atoms with Gasteiger partial charge in [0, 0.05) is 13.2 Å². The van der Waals surface area contributed by atoms with E-state index in [0.29, 0.717) is 0 Å². The smallest absolute Gasteiger partial charge is 0.0494 e. The predicted molar refractivity (Wildman–Crippen MR) is 61.4 cm³/mol. The van der Waals surface area contributed by atoms with Crippen molar-refractivity contribution in [3.05, 3.63) is 11.6 Å². The van der Waals surface area contributed by atoms with Crippen LogP contribution in [0, 0.1) is 11.8 Å². The Kier molecular flexibility index (Phi) is 5.24. The van der Waals surface area contributed by atoms with E-state index in [0.717, 1.165) is 31.5 Å². The Balaban J connectivity index is 2.21. The molecule has 82 valence electrons. The van der Waals surface area contributed by atoms with Gasteiger partial charge in [0.2, 0.25) is 0 Å². The monoisotopic (exact) mass is 196 g/mol. The number of hydrogen-bond donors (Lipinski definition) is 0. The quantitative estimate of drug-likeness (QED) is 0.480. The van der Waals surface area contributed by atoms with E-state index in [2.05, 4.69) is 26.8 Å². The fourth-order valence-corrected chi connectivity index (χ4v) is 2.05. The van der Waals surface area contributed by atoms with E-state index in [1.54, 1.807) is 5.57 Å². The van der Waals surface area contributed by atoms with Gasteiger partial charge in [0.05, 0.1) is 0 Å². The molecule has 2 unspecified atom stereocenters. The normalized spacial score (nSPS) is 24.5. The Morgan fingerprint density at radius 3 is 2.93 bits per heavy atom. The second-order valence-corrected chi connectivity index (χ2v) is 4.64. The average Bonchev–Trinajstić information content (AvgIpc) is 2.19. The van der Waals surface area contributed by atoms with Gasteiger partial charge in [-0.15, -0.1) is 0 Å². The zero-order valence-corrected chi connectivity index (χ0v) is 9.88. The third-order valence-electron chi connectivity index (χ3n) is 3.21. The van der Waals surface area contributed by atoms with Crippen LogP contribution in [0.4, 0.5) is 0 Å². The highest BCUT2D eigenvalue weighted by Crippen LogP contribution is 2.29. The molecule has 0 bridgehead atoms. The maximum atomic E-state index is 5.60. The van der Waals surface area contributed by atoms with E-state index in [9.17, 15) is 0 Å². The van der Waals surface area contributed by atoms with Crippen molar-refractivity contribution in [2.75, 3.05) is 13.2 Å². The first-order valence-electron chi connectivity index (χ1n) is 5.97. The molecule has 0 aromatic carbocycles. The van der Waals surface area contributed by atoms with Crippen molar-refractivity contribution in [1.29, 1.82) is 0 Å². The zero-order chi connectivity index (χ0) is 10.4. The van der Waals surface area contributed by atoms with Gasteiger partial charge in [-0.3, -0.25) is 0 Å². The van der Waals surface area contributed by atoms with Crippen LogP contribution in [0.15, 0.2) is 11.6 Å². The first-order valence-corrected chi connectivity index (χ1v) is 5.97. The molecular weight excluding hydrogens is 172 g/mol. The molecule has 1 heteroatoms. The van der Waals surface area contributed by atoms with Crippen molar-refractivity contribution in [2.24, 2.45) is 11.8 Å². The summed E-state index contributed by atoms with van der Waals surface area (Å²) in [6.07, 6.45) is 7.46. The van der Waals surface area contributed by atoms with E-state index in [-0.39, 0.29) is 0 Å². The van der Waals surface area contributed by atoms with Crippen molar-refractivity contribution in [3.8, 4) is 0 Å². The summed E-state index contributed by atoms with van der Waals surface area (Å²) >= 11 is 0. The van der Waals surface area contributed by atoms with Crippen LogP contribution in [0.2, 0.25) is 0 Å². The minimum absolute atomic E-state index is 0.728. The van der Waals surface area contributed by atoms with Crippen molar-refractivity contribution in [1.82, 2.24) is 0 Å². The van der Waals surface area contributed by atoms with Crippen LogP contribution in [0.5, 0.6) is 0 Å². The number of rotatable bonds is 5. The Labute approximate surface area is 88.5 Å². The summed E-state index contributed by atoms with van der Waals surface area (Å²) in [7, 11) is 0. The number of ether oxygens (including phenoxy) is 1. The van der Waals surface area contributed by atoms with E-state index in [1.165, 1.54) is 19.3 Å². The summed E-state index contributed by atoms with van der Waals surface area (Å²) in [5.41, 5.74) is 1.57. The topological polar surface area (TPSA) is 9.23 Å². The molecule has 0 spiro atoms. The summed E-state index contributed by atoms with van der Waals surface area (Å²) in [6, 6.07) is 0. The Morgan fingerprint density at radius 2 is 2.36 bits per heavy atom. The van der Waals surface area contributed by atoms with E-state index in [1.807, 2.05) is 0 Å². The lowest BCUT2D eigenvalue weighted by Gasteiger charge is -2.26. The van der Waals surface area contributed by atoms with Gasteiger partial charge >= 0.3 is 0 Å². The molecule has 1 aliphatic carbocycles. The summed E-state index contributed by atoms with van der Waals surface area (Å²) < 4.78 is 5.60. The number of allylic oxidation sites excluding steroid dienone is 2. The van der Waals surface area contributed by atoms with Crippen molar-refractivity contribution < 1.29 is 4.74 Å². The summed E-state index contributed by atoms with van der Waals surface area (Å²) in [5, 5.41) is 0. The maximum absolute atomic E-state index is 5.60. The van der Waals surface area contributed by atoms with Crippen LogP contribution >= 0.6 is 0 Å². The second-order valence-electron chi connectivity index (χ2n) is 4.64. The van der Waals surface area contributed by atoms with Gasteiger partial charge < -0.3 is 4.74 Å². The first-order chi connectivity index (χ1) is 6.74. The molecular formula is C13H24O. The van der Waals surface area contributed by atoms with Gasteiger partial charge in [0.1, 0.15) is 0 Å². The molecule has 0 amide bonds. The van der Waals surface area contributed by atoms with Crippen LogP contribution in [-0.4, -0.2) is 13.2 Å². The Bertz CT molecular complexity index is 184. The molecule has 0 aliphatic heterocycles. The second kappa shape index (κ2) is 6.23. The van der Waals surface area contributed by atoms with Crippen LogP contribution in [0.3, 0.4) is 0 Å². The van der Waals surface area contributed by atoms with Crippen LogP contribution in [0.1, 0.15) is 46.5 Å². The third kappa shape index (κ3) is 3.83. The molecule has 2 atom stereocenters. The van der Waals surface area contributed by atoms with E-state index in [4.69, 9.17) is 4.74 Å². The molecule has 1 rings (SSSR count). The van der Waals surface area contributed by atoms with Gasteiger partial charge in [0.15, 0.2) is 0 Å². The lowest BCUT2D eigenvalue weighted by molar-refractivity contribution is 0.0815. The first kappa shape index (κ1) is 11.8. The van der Waals surface area contributed by atoms with E-state index >= 15 is 0 Å². The van der Waals surface area contributed by atoms with E-state index < -0.39 is 0 Å². The highest BCUT2D eigenvalue weighted by molar-refractivity contribution is 5.03. The predicted octanol–water partition coefficient (Wildman–Crippen LogP) is 3.80. The highest BCUT2D eigenvalue weighted by atomic mass is 16.5. The molecule has 0 N–H and O–H groups in total. The molecule has 0 aromatic heterocycles. The minimum Gasteiger partial charge on any atom is -0.381 e. The SMILES string of the molecule is CCCOCC(C)C1CC=C(C)CC1. The molecule has 1 nitrogen and oxygen atoms in total. The van der Waals surface area contributed by atoms with Crippen molar-refractivity contribution in [3.63, 3.8) is 0 Å². The van der Waals surface area contributed by atoms with Crippen molar-refractivity contribution in [2.45, 2.75) is 46.5 Å². The maximum Gasteiger partial charge on any atom is 0.0494 e. The van der Waals surface area contributed by atoms with Crippen LogP contribution in [0.25, 0.3) is 0 Å². The fourth-order valence-electron chi connectivity index (χ4n) is 2.05. The van der Waals surface area contributed by atoms with Crippen LogP contribution < -0.4 is 0 Å². The molecule has 0 aromatic rings. The number of hydrogen-bond acceptors (Lipinski definition) is 1. The third-order valence-corrected chi connectivity index (χ3v) is 3.21. The zero-order valence-electron chi connectivity index (χ0n) is 9.88. The molecule has 14 heavy (non-hydrogen) atoms. The molecule has 0 saturated heterocycles. The van der Waals surface area contributed by atoms with Gasteiger partial charge in [-0.2, -0.15) is 0 Å². The summed E-state index contributed by atoms with van der Waals surface area (Å²) in [4.78, 5) is 0. The standard InChI is InChI=1S/C13H24O/c1-4-9-14-10-12(3)13-7-5-11(2)6-8-13/h5,12-13H,4,6-10H2,1-3H3. The molecule has 0 fully saturated rings. The van der Waals surface area contributed by atoms with Gasteiger partial charge in [-0.1, -0.05) is 25.5 Å². The lowest BCUT2D eigenvalue weighted by Crippen LogP contribution is -2.19. The minimum atomic E-state index is 0.728. The molecule has 0 radical (unpaired) electrons. The van der Waals surface area contributed by atoms with Gasteiger partial charge in [0.25, 0.3) is 0 Å². The Hall–Kier alpha value is -0.300. The van der Waals surface area contributed by atoms with Crippen LogP contribution in [-0.2, 0) is 4.74 Å². The Morgan fingerprint density at radius 1 is 1.57 bits per heavy atom.